The molecular weight excluding hydrogens is 202 g/mol. The van der Waals surface area contributed by atoms with Crippen LogP contribution in [0.3, 0.4) is 0 Å². The van der Waals surface area contributed by atoms with Crippen LogP contribution in [0.1, 0.15) is 30.5 Å². The van der Waals surface area contributed by atoms with Gasteiger partial charge in [0.25, 0.3) is 0 Å². The van der Waals surface area contributed by atoms with E-state index in [0.717, 1.165) is 38.2 Å². The van der Waals surface area contributed by atoms with Crippen LogP contribution in [-0.4, -0.2) is 34.3 Å². The Kier molecular flexibility index (Phi) is 2.52. The van der Waals surface area contributed by atoms with Crippen molar-refractivity contribution in [1.82, 2.24) is 9.97 Å². The Morgan fingerprint density at radius 1 is 1.25 bits per heavy atom. The Labute approximate surface area is 95.3 Å². The molecule has 1 aromatic heterocycles. The van der Waals surface area contributed by atoms with Crippen LogP contribution in [0.4, 0.5) is 5.82 Å². The zero-order valence-electron chi connectivity index (χ0n) is 9.39. The predicted octanol–water partition coefficient (Wildman–Crippen LogP) is 0.926. The van der Waals surface area contributed by atoms with Gasteiger partial charge in [0.05, 0.1) is 6.10 Å². The van der Waals surface area contributed by atoms with Gasteiger partial charge < -0.3 is 10.0 Å². The number of aliphatic hydroxyl groups excluding tert-OH is 1. The number of rotatable bonds is 1. The second-order valence-corrected chi connectivity index (χ2v) is 4.72. The molecule has 86 valence electrons. The summed E-state index contributed by atoms with van der Waals surface area (Å²) < 4.78 is 0. The maximum absolute atomic E-state index is 9.58. The second kappa shape index (κ2) is 4.01. The Hall–Kier alpha value is -1.16. The van der Waals surface area contributed by atoms with E-state index in [0.29, 0.717) is 0 Å². The molecule has 1 atom stereocenters. The smallest absolute Gasteiger partial charge is 0.135 e. The largest absolute Gasteiger partial charge is 0.391 e. The third-order valence-corrected chi connectivity index (χ3v) is 3.57. The highest BCUT2D eigenvalue weighted by Gasteiger charge is 2.25. The van der Waals surface area contributed by atoms with Crippen LogP contribution in [-0.2, 0) is 12.8 Å². The summed E-state index contributed by atoms with van der Waals surface area (Å²) in [7, 11) is 0. The molecule has 1 fully saturated rings. The number of β-amino-alcohol motifs (C(OH)–C–C–N with tert-alkyl or cyclic N) is 1. The topological polar surface area (TPSA) is 49.2 Å². The molecule has 1 saturated heterocycles. The van der Waals surface area contributed by atoms with Crippen LogP contribution in [0.5, 0.6) is 0 Å². The van der Waals surface area contributed by atoms with Gasteiger partial charge in [0.15, 0.2) is 0 Å². The fraction of sp³-hybridized carbons (Fsp3) is 0.667. The molecule has 0 saturated carbocycles. The molecular formula is C12H17N3O. The fourth-order valence-electron chi connectivity index (χ4n) is 2.71. The quantitative estimate of drug-likeness (QED) is 0.763. The van der Waals surface area contributed by atoms with Gasteiger partial charge in [-0.15, -0.1) is 0 Å². The predicted molar refractivity (Wildman–Crippen MR) is 61.5 cm³/mol. The lowest BCUT2D eigenvalue weighted by Gasteiger charge is -2.23. The van der Waals surface area contributed by atoms with Gasteiger partial charge >= 0.3 is 0 Å². The number of nitrogens with zero attached hydrogens (tertiary/aromatic N) is 3. The van der Waals surface area contributed by atoms with E-state index < -0.39 is 0 Å². The first-order valence-electron chi connectivity index (χ1n) is 6.10. The number of hydrogen-bond donors (Lipinski definition) is 1. The summed E-state index contributed by atoms with van der Waals surface area (Å²) in [6, 6.07) is 0. The first kappa shape index (κ1) is 10.0. The zero-order valence-corrected chi connectivity index (χ0v) is 9.39. The number of aryl methyl sites for hydroxylation is 1. The van der Waals surface area contributed by atoms with Gasteiger partial charge in [0.2, 0.25) is 0 Å². The highest BCUT2D eigenvalue weighted by atomic mass is 16.3. The molecule has 4 heteroatoms. The molecule has 1 aliphatic heterocycles. The summed E-state index contributed by atoms with van der Waals surface area (Å²) >= 11 is 0. The van der Waals surface area contributed by atoms with Crippen molar-refractivity contribution >= 4 is 5.82 Å². The van der Waals surface area contributed by atoms with Crippen LogP contribution < -0.4 is 4.90 Å². The molecule has 16 heavy (non-hydrogen) atoms. The molecule has 2 aliphatic rings. The van der Waals surface area contributed by atoms with Gasteiger partial charge in [-0.1, -0.05) is 0 Å². The molecule has 0 bridgehead atoms. The molecule has 3 rings (SSSR count). The third-order valence-electron chi connectivity index (χ3n) is 3.57. The Morgan fingerprint density at radius 2 is 2.12 bits per heavy atom. The number of hydrogen-bond acceptors (Lipinski definition) is 4. The van der Waals surface area contributed by atoms with E-state index in [-0.39, 0.29) is 6.10 Å². The van der Waals surface area contributed by atoms with Gasteiger partial charge in [-0.25, -0.2) is 9.97 Å². The molecule has 0 aromatic carbocycles. The minimum atomic E-state index is -0.186. The van der Waals surface area contributed by atoms with Gasteiger partial charge in [-0.3, -0.25) is 0 Å². The van der Waals surface area contributed by atoms with Gasteiger partial charge in [-0.2, -0.15) is 0 Å². The minimum Gasteiger partial charge on any atom is -0.391 e. The molecule has 1 N–H and O–H groups in total. The van der Waals surface area contributed by atoms with Crippen LogP contribution in [0, 0.1) is 0 Å². The van der Waals surface area contributed by atoms with E-state index in [1.54, 1.807) is 6.33 Å². The van der Waals surface area contributed by atoms with E-state index >= 15 is 0 Å². The first-order valence-corrected chi connectivity index (χ1v) is 6.10. The maximum atomic E-state index is 9.58. The average molecular weight is 219 g/mol. The van der Waals surface area contributed by atoms with Gasteiger partial charge in [0.1, 0.15) is 12.1 Å². The number of fused-ring (bicyclic) bond motifs is 1. The maximum Gasteiger partial charge on any atom is 0.135 e. The molecule has 0 radical (unpaired) electrons. The zero-order chi connectivity index (χ0) is 11.0. The summed E-state index contributed by atoms with van der Waals surface area (Å²) in [4.78, 5) is 11.0. The SMILES string of the molecule is O[C@H]1CCN(c2ncnc3c2CCCC3)C1. The Balaban J connectivity index is 1.94. The van der Waals surface area contributed by atoms with Crippen molar-refractivity contribution in [2.75, 3.05) is 18.0 Å². The second-order valence-electron chi connectivity index (χ2n) is 4.72. The summed E-state index contributed by atoms with van der Waals surface area (Å²) in [6.07, 6.45) is 7.01. The molecule has 1 aliphatic carbocycles. The van der Waals surface area contributed by atoms with Gasteiger partial charge in [-0.05, 0) is 32.1 Å². The number of anilines is 1. The van der Waals surface area contributed by atoms with E-state index in [1.807, 2.05) is 0 Å². The van der Waals surface area contributed by atoms with E-state index in [1.165, 1.54) is 24.1 Å². The molecule has 2 heterocycles. The number of aromatic nitrogens is 2. The summed E-state index contributed by atoms with van der Waals surface area (Å²) in [5.74, 6) is 1.07. The molecule has 0 spiro atoms. The lowest BCUT2D eigenvalue weighted by Crippen LogP contribution is -2.25. The van der Waals surface area contributed by atoms with Gasteiger partial charge in [0, 0.05) is 24.3 Å². The van der Waals surface area contributed by atoms with E-state index in [2.05, 4.69) is 14.9 Å². The highest BCUT2D eigenvalue weighted by Crippen LogP contribution is 2.28. The Morgan fingerprint density at radius 3 is 2.94 bits per heavy atom. The average Bonchev–Trinajstić information content (AvgIpc) is 2.75. The van der Waals surface area contributed by atoms with Crippen molar-refractivity contribution in [3.63, 3.8) is 0 Å². The molecule has 0 unspecified atom stereocenters. The number of aliphatic hydroxyl groups is 1. The van der Waals surface area contributed by atoms with Crippen molar-refractivity contribution in [2.24, 2.45) is 0 Å². The lowest BCUT2D eigenvalue weighted by atomic mass is 9.96. The van der Waals surface area contributed by atoms with Crippen LogP contribution in [0.25, 0.3) is 0 Å². The van der Waals surface area contributed by atoms with Crippen molar-refractivity contribution in [1.29, 1.82) is 0 Å². The van der Waals surface area contributed by atoms with Crippen molar-refractivity contribution in [3.05, 3.63) is 17.6 Å². The van der Waals surface area contributed by atoms with Crippen molar-refractivity contribution < 1.29 is 5.11 Å². The van der Waals surface area contributed by atoms with Crippen molar-refractivity contribution in [3.8, 4) is 0 Å². The molecule has 1 aromatic rings. The Bertz CT molecular complexity index is 394. The third kappa shape index (κ3) is 1.67. The van der Waals surface area contributed by atoms with Crippen molar-refractivity contribution in [2.45, 2.75) is 38.2 Å². The monoisotopic (exact) mass is 219 g/mol. The minimum absolute atomic E-state index is 0.186. The molecule has 4 nitrogen and oxygen atoms in total. The van der Waals surface area contributed by atoms with Crippen LogP contribution in [0.15, 0.2) is 6.33 Å². The lowest BCUT2D eigenvalue weighted by molar-refractivity contribution is 0.198. The summed E-state index contributed by atoms with van der Waals surface area (Å²) in [5.41, 5.74) is 2.54. The normalized spacial score (nSPS) is 24.6. The van der Waals surface area contributed by atoms with E-state index in [4.69, 9.17) is 0 Å². The molecule has 0 amide bonds. The van der Waals surface area contributed by atoms with Crippen LogP contribution in [0.2, 0.25) is 0 Å². The highest BCUT2D eigenvalue weighted by molar-refractivity contribution is 5.50. The standard InChI is InChI=1S/C12H17N3O/c16-9-5-6-15(7-9)12-10-3-1-2-4-11(10)13-8-14-12/h8-9,16H,1-7H2/t9-/m0/s1. The fourth-order valence-corrected chi connectivity index (χ4v) is 2.71. The van der Waals surface area contributed by atoms with E-state index in [9.17, 15) is 5.11 Å². The summed E-state index contributed by atoms with van der Waals surface area (Å²) in [6.45, 7) is 1.65. The summed E-state index contributed by atoms with van der Waals surface area (Å²) in [5, 5.41) is 9.58. The first-order chi connectivity index (χ1) is 7.84. The van der Waals surface area contributed by atoms with Crippen LogP contribution >= 0.6 is 0 Å².